The molecule has 2 aromatic rings. The Morgan fingerprint density at radius 1 is 0.931 bits per heavy atom. The van der Waals surface area contributed by atoms with Crippen LogP contribution in [-0.2, 0) is 14.8 Å². The Kier molecular flexibility index (Phi) is 4.38. The lowest BCUT2D eigenvalue weighted by Gasteiger charge is -2.55. The minimum atomic E-state index is -3.72. The fraction of sp³-hybridized carbons (Fsp3) is 0.455. The predicted octanol–water partition coefficient (Wildman–Crippen LogP) is 4.04. The number of carbonyl (C=O) groups is 1. The van der Waals surface area contributed by atoms with Gasteiger partial charge in [-0.05, 0) is 92.7 Å². The summed E-state index contributed by atoms with van der Waals surface area (Å²) >= 11 is 0. The summed E-state index contributed by atoms with van der Waals surface area (Å²) in [6.45, 7) is 0. The Labute approximate surface area is 171 Å². The number of carbonyl (C=O) groups excluding carboxylic acids is 1. The maximum absolute atomic E-state index is 13.1. The van der Waals surface area contributed by atoms with Crippen LogP contribution in [0.1, 0.15) is 38.5 Å². The normalized spacial score (nSPS) is 30.1. The maximum atomic E-state index is 13.1. The molecule has 0 atom stereocenters. The number of rotatable bonds is 5. The molecule has 0 unspecified atom stereocenters. The monoisotopic (exact) mass is 411 g/mol. The number of benzene rings is 1. The van der Waals surface area contributed by atoms with Crippen LogP contribution >= 0.6 is 0 Å². The van der Waals surface area contributed by atoms with Crippen LogP contribution in [0.4, 0.5) is 11.5 Å². The second kappa shape index (κ2) is 6.83. The predicted molar refractivity (Wildman–Crippen MR) is 111 cm³/mol. The molecule has 6 nitrogen and oxygen atoms in total. The van der Waals surface area contributed by atoms with Gasteiger partial charge >= 0.3 is 0 Å². The number of aromatic nitrogens is 1. The highest BCUT2D eigenvalue weighted by Gasteiger charge is 2.54. The number of nitrogens with one attached hydrogen (secondary N) is 2. The zero-order chi connectivity index (χ0) is 20.1. The van der Waals surface area contributed by atoms with Gasteiger partial charge in [-0.25, -0.2) is 13.4 Å². The molecule has 4 bridgehead atoms. The zero-order valence-corrected chi connectivity index (χ0v) is 17.0. The maximum Gasteiger partial charge on any atom is 0.263 e. The van der Waals surface area contributed by atoms with Crippen molar-refractivity contribution in [3.63, 3.8) is 0 Å². The molecule has 7 heteroatoms. The van der Waals surface area contributed by atoms with Gasteiger partial charge in [0.1, 0.15) is 5.82 Å². The highest BCUT2D eigenvalue weighted by atomic mass is 32.2. The summed E-state index contributed by atoms with van der Waals surface area (Å²) in [4.78, 5) is 17.3. The Balaban J connectivity index is 1.29. The van der Waals surface area contributed by atoms with Gasteiger partial charge < -0.3 is 5.32 Å². The smallest absolute Gasteiger partial charge is 0.263 e. The molecule has 2 N–H and O–H groups in total. The standard InChI is InChI=1S/C22H25N3O3S/c26-21(22-12-15-9-16(13-22)11-17(10-15)14-22)24-18-4-6-19(7-5-18)29(27,28)25-20-3-1-2-8-23-20/h1-8,15-17H,9-14H2,(H,23,25)(H,24,26). The van der Waals surface area contributed by atoms with Crippen molar-refractivity contribution in [2.45, 2.75) is 43.4 Å². The molecular weight excluding hydrogens is 386 g/mol. The highest BCUT2D eigenvalue weighted by Crippen LogP contribution is 2.60. The van der Waals surface area contributed by atoms with Crippen molar-refractivity contribution < 1.29 is 13.2 Å². The van der Waals surface area contributed by atoms with Gasteiger partial charge in [0.15, 0.2) is 0 Å². The van der Waals surface area contributed by atoms with Crippen LogP contribution in [0.5, 0.6) is 0 Å². The Hall–Kier alpha value is -2.41. The van der Waals surface area contributed by atoms with Crippen LogP contribution in [-0.4, -0.2) is 19.3 Å². The van der Waals surface area contributed by atoms with Crippen molar-refractivity contribution in [3.05, 3.63) is 48.7 Å². The number of hydrogen-bond acceptors (Lipinski definition) is 4. The van der Waals surface area contributed by atoms with Crippen LogP contribution in [0.25, 0.3) is 0 Å². The Morgan fingerprint density at radius 2 is 1.55 bits per heavy atom. The van der Waals surface area contributed by atoms with Gasteiger partial charge in [-0.2, -0.15) is 0 Å². The minimum absolute atomic E-state index is 0.110. The number of anilines is 2. The quantitative estimate of drug-likeness (QED) is 0.777. The van der Waals surface area contributed by atoms with Crippen molar-refractivity contribution in [1.29, 1.82) is 0 Å². The van der Waals surface area contributed by atoms with Crippen molar-refractivity contribution in [2.75, 3.05) is 10.0 Å². The van der Waals surface area contributed by atoms with E-state index in [1.54, 1.807) is 30.3 Å². The van der Waals surface area contributed by atoms with Gasteiger partial charge in [-0.3, -0.25) is 9.52 Å². The molecule has 0 aliphatic heterocycles. The van der Waals surface area contributed by atoms with E-state index in [2.05, 4.69) is 15.0 Å². The van der Waals surface area contributed by atoms with E-state index in [9.17, 15) is 13.2 Å². The van der Waals surface area contributed by atoms with Gasteiger partial charge in [-0.15, -0.1) is 0 Å². The van der Waals surface area contributed by atoms with Crippen molar-refractivity contribution in [1.82, 2.24) is 4.98 Å². The molecule has 0 saturated heterocycles. The van der Waals surface area contributed by atoms with Gasteiger partial charge in [0, 0.05) is 11.9 Å². The molecule has 4 fully saturated rings. The van der Waals surface area contributed by atoms with E-state index in [-0.39, 0.29) is 22.0 Å². The first kappa shape index (κ1) is 18.6. The first-order valence-corrected chi connectivity index (χ1v) is 11.8. The van der Waals surface area contributed by atoms with Gasteiger partial charge in [0.05, 0.1) is 10.3 Å². The fourth-order valence-corrected chi connectivity index (χ4v) is 7.00. The molecule has 4 aliphatic carbocycles. The molecule has 4 saturated carbocycles. The molecule has 0 spiro atoms. The molecular formula is C22H25N3O3S. The number of sulfonamides is 1. The average molecular weight is 412 g/mol. The number of amides is 1. The molecule has 1 amide bonds. The van der Waals surface area contributed by atoms with Crippen LogP contribution in [0, 0.1) is 23.2 Å². The van der Waals surface area contributed by atoms with Crippen molar-refractivity contribution in [3.8, 4) is 0 Å². The summed E-state index contributed by atoms with van der Waals surface area (Å²) in [6, 6.07) is 11.4. The summed E-state index contributed by atoms with van der Waals surface area (Å²) in [7, 11) is -3.72. The second-order valence-electron chi connectivity index (χ2n) is 9.00. The third-order valence-electron chi connectivity index (χ3n) is 6.85. The first-order valence-electron chi connectivity index (χ1n) is 10.3. The summed E-state index contributed by atoms with van der Waals surface area (Å²) in [5, 5.41) is 3.06. The van der Waals surface area contributed by atoms with Crippen LogP contribution in [0.2, 0.25) is 0 Å². The van der Waals surface area contributed by atoms with Crippen LogP contribution in [0.3, 0.4) is 0 Å². The van der Waals surface area contributed by atoms with Crippen molar-refractivity contribution in [2.24, 2.45) is 23.2 Å². The summed E-state index contributed by atoms with van der Waals surface area (Å²) < 4.78 is 27.5. The minimum Gasteiger partial charge on any atom is -0.326 e. The lowest BCUT2D eigenvalue weighted by molar-refractivity contribution is -0.140. The van der Waals surface area contributed by atoms with Gasteiger partial charge in [0.25, 0.3) is 10.0 Å². The third-order valence-corrected chi connectivity index (χ3v) is 8.22. The number of nitrogens with zero attached hydrogens (tertiary/aromatic N) is 1. The number of pyridine rings is 1. The van der Waals surface area contributed by atoms with Crippen LogP contribution in [0.15, 0.2) is 53.6 Å². The van der Waals surface area contributed by atoms with Crippen molar-refractivity contribution >= 4 is 27.4 Å². The fourth-order valence-electron chi connectivity index (χ4n) is 5.99. The van der Waals surface area contributed by atoms with E-state index < -0.39 is 10.0 Å². The molecule has 1 aromatic heterocycles. The summed E-state index contributed by atoms with van der Waals surface area (Å²) in [5.74, 6) is 2.50. The van der Waals surface area contributed by atoms with E-state index in [1.165, 1.54) is 37.6 Å². The molecule has 4 aliphatic rings. The molecule has 1 heterocycles. The SMILES string of the molecule is O=C(Nc1ccc(S(=O)(=O)Nc2ccccn2)cc1)C12CC3CC(CC(C3)C1)C2. The van der Waals surface area contributed by atoms with E-state index in [1.807, 2.05) is 0 Å². The zero-order valence-electron chi connectivity index (χ0n) is 16.2. The molecule has 152 valence electrons. The first-order chi connectivity index (χ1) is 13.9. The largest absolute Gasteiger partial charge is 0.326 e. The molecule has 1 aromatic carbocycles. The van der Waals surface area contributed by atoms with Gasteiger partial charge in [0.2, 0.25) is 5.91 Å². The lowest BCUT2D eigenvalue weighted by Crippen LogP contribution is -2.51. The molecule has 6 rings (SSSR count). The lowest BCUT2D eigenvalue weighted by atomic mass is 9.49. The van der Waals surface area contributed by atoms with E-state index >= 15 is 0 Å². The van der Waals surface area contributed by atoms with E-state index in [0.29, 0.717) is 23.4 Å². The third kappa shape index (κ3) is 3.52. The van der Waals surface area contributed by atoms with E-state index in [0.717, 1.165) is 19.3 Å². The highest BCUT2D eigenvalue weighted by molar-refractivity contribution is 7.92. The average Bonchev–Trinajstić information content (AvgIpc) is 2.68. The summed E-state index contributed by atoms with van der Waals surface area (Å²) in [6.07, 6.45) is 8.43. The molecule has 0 radical (unpaired) electrons. The van der Waals surface area contributed by atoms with Crippen LogP contribution < -0.4 is 10.0 Å². The topological polar surface area (TPSA) is 88.2 Å². The Bertz CT molecular complexity index is 984. The number of hydrogen-bond donors (Lipinski definition) is 2. The van der Waals surface area contributed by atoms with Gasteiger partial charge in [-0.1, -0.05) is 6.07 Å². The Morgan fingerprint density at radius 3 is 2.10 bits per heavy atom. The second-order valence-corrected chi connectivity index (χ2v) is 10.7. The summed E-state index contributed by atoms with van der Waals surface area (Å²) in [5.41, 5.74) is 0.419. The van der Waals surface area contributed by atoms with E-state index in [4.69, 9.17) is 0 Å². The molecule has 29 heavy (non-hydrogen) atoms.